The molecule has 3 N–H and O–H groups in total. The quantitative estimate of drug-likeness (QED) is 0.689. The summed E-state index contributed by atoms with van der Waals surface area (Å²) >= 11 is 0. The molecule has 1 aromatic heterocycles. The highest BCUT2D eigenvalue weighted by atomic mass is 16.5. The molecular weight excluding hydrogens is 248 g/mol. The average molecular weight is 264 g/mol. The van der Waals surface area contributed by atoms with Crippen LogP contribution in [-0.4, -0.2) is 49.6 Å². The summed E-state index contributed by atoms with van der Waals surface area (Å²) in [5.74, 6) is -0.502. The number of anilines is 1. The molecule has 7 heteroatoms. The Morgan fingerprint density at radius 1 is 1.58 bits per heavy atom. The number of nitrogens with two attached hydrogens (primary N) is 1. The molecule has 0 aromatic carbocycles. The van der Waals surface area contributed by atoms with E-state index in [1.54, 1.807) is 23.2 Å². The molecule has 1 saturated heterocycles. The second kappa shape index (κ2) is 5.66. The third-order valence-corrected chi connectivity index (χ3v) is 3.04. The molecular formula is C12H16N4O3. The Morgan fingerprint density at radius 3 is 3.05 bits per heavy atom. The third-order valence-electron chi connectivity index (χ3n) is 3.04. The van der Waals surface area contributed by atoms with Gasteiger partial charge in [0.1, 0.15) is 17.4 Å². The van der Waals surface area contributed by atoms with E-state index in [1.165, 1.54) is 7.11 Å². The lowest BCUT2D eigenvalue weighted by Gasteiger charge is -2.35. The fraction of sp³-hybridized carbons (Fsp3) is 0.417. The SMILES string of the molecule is COC(=O)c1cccnc1N1CCNCC1C(N)=O. The van der Waals surface area contributed by atoms with Gasteiger partial charge in [-0.25, -0.2) is 9.78 Å². The second-order valence-electron chi connectivity index (χ2n) is 4.18. The van der Waals surface area contributed by atoms with E-state index in [0.29, 0.717) is 31.0 Å². The van der Waals surface area contributed by atoms with Crippen molar-refractivity contribution in [1.29, 1.82) is 0 Å². The van der Waals surface area contributed by atoms with Gasteiger partial charge in [-0.05, 0) is 12.1 Å². The number of aromatic nitrogens is 1. The molecule has 2 rings (SSSR count). The second-order valence-corrected chi connectivity index (χ2v) is 4.18. The van der Waals surface area contributed by atoms with E-state index in [4.69, 9.17) is 10.5 Å². The Kier molecular flexibility index (Phi) is 3.96. The Balaban J connectivity index is 2.39. The van der Waals surface area contributed by atoms with Gasteiger partial charge < -0.3 is 20.7 Å². The Bertz CT molecular complexity index is 492. The van der Waals surface area contributed by atoms with Gasteiger partial charge in [0.05, 0.1) is 7.11 Å². The van der Waals surface area contributed by atoms with Crippen LogP contribution in [0.3, 0.4) is 0 Å². The summed E-state index contributed by atoms with van der Waals surface area (Å²) in [5, 5.41) is 3.09. The first kappa shape index (κ1) is 13.3. The molecule has 1 atom stereocenters. The summed E-state index contributed by atoms with van der Waals surface area (Å²) < 4.78 is 4.73. The zero-order valence-electron chi connectivity index (χ0n) is 10.6. The molecule has 0 radical (unpaired) electrons. The van der Waals surface area contributed by atoms with Crippen molar-refractivity contribution < 1.29 is 14.3 Å². The Labute approximate surface area is 110 Å². The predicted molar refractivity (Wildman–Crippen MR) is 68.8 cm³/mol. The summed E-state index contributed by atoms with van der Waals surface area (Å²) in [6.45, 7) is 1.68. The minimum absolute atomic E-state index is 0.332. The van der Waals surface area contributed by atoms with Crippen LogP contribution in [0.5, 0.6) is 0 Å². The molecule has 0 spiro atoms. The number of methoxy groups -OCH3 is 1. The van der Waals surface area contributed by atoms with Gasteiger partial charge in [-0.1, -0.05) is 0 Å². The summed E-state index contributed by atoms with van der Waals surface area (Å²) in [5.41, 5.74) is 5.72. The topological polar surface area (TPSA) is 97.6 Å². The van der Waals surface area contributed by atoms with E-state index in [-0.39, 0.29) is 0 Å². The minimum Gasteiger partial charge on any atom is -0.465 e. The van der Waals surface area contributed by atoms with E-state index >= 15 is 0 Å². The molecule has 0 bridgehead atoms. The maximum Gasteiger partial charge on any atom is 0.341 e. The first-order valence-electron chi connectivity index (χ1n) is 5.95. The lowest BCUT2D eigenvalue weighted by atomic mass is 10.1. The maximum absolute atomic E-state index is 11.7. The molecule has 0 aliphatic carbocycles. The molecule has 1 aromatic rings. The third kappa shape index (κ3) is 2.65. The molecule has 1 fully saturated rings. The number of primary amides is 1. The Morgan fingerprint density at radius 2 is 2.37 bits per heavy atom. The van der Waals surface area contributed by atoms with Gasteiger partial charge in [-0.15, -0.1) is 0 Å². The molecule has 1 amide bonds. The van der Waals surface area contributed by atoms with Crippen LogP contribution < -0.4 is 16.0 Å². The first-order chi connectivity index (χ1) is 9.15. The average Bonchev–Trinajstić information content (AvgIpc) is 2.46. The van der Waals surface area contributed by atoms with Crippen LogP contribution in [0.25, 0.3) is 0 Å². The standard InChI is InChI=1S/C12H16N4O3/c1-19-12(18)8-3-2-4-15-11(8)16-6-5-14-7-9(16)10(13)17/h2-4,9,14H,5-7H2,1H3,(H2,13,17). The zero-order chi connectivity index (χ0) is 13.8. The highest BCUT2D eigenvalue weighted by Crippen LogP contribution is 2.21. The van der Waals surface area contributed by atoms with E-state index in [1.807, 2.05) is 0 Å². The van der Waals surface area contributed by atoms with Gasteiger partial charge in [0.25, 0.3) is 0 Å². The molecule has 1 unspecified atom stereocenters. The van der Waals surface area contributed by atoms with Gasteiger partial charge in [0.15, 0.2) is 0 Å². The minimum atomic E-state index is -0.521. The van der Waals surface area contributed by atoms with Crippen molar-refractivity contribution in [3.8, 4) is 0 Å². The van der Waals surface area contributed by atoms with Crippen LogP contribution >= 0.6 is 0 Å². The van der Waals surface area contributed by atoms with Crippen molar-refractivity contribution in [2.45, 2.75) is 6.04 Å². The molecule has 1 aliphatic rings. The van der Waals surface area contributed by atoms with Crippen molar-refractivity contribution in [1.82, 2.24) is 10.3 Å². The summed E-state index contributed by atoms with van der Waals surface area (Å²) in [6, 6.07) is 2.75. The summed E-state index contributed by atoms with van der Waals surface area (Å²) in [6.07, 6.45) is 1.57. The number of piperazine rings is 1. The maximum atomic E-state index is 11.7. The van der Waals surface area contributed by atoms with Crippen molar-refractivity contribution in [2.24, 2.45) is 5.73 Å². The van der Waals surface area contributed by atoms with Crippen molar-refractivity contribution in [3.05, 3.63) is 23.9 Å². The normalized spacial score (nSPS) is 19.0. The van der Waals surface area contributed by atoms with E-state index in [0.717, 1.165) is 0 Å². The number of nitrogens with one attached hydrogen (secondary N) is 1. The highest BCUT2D eigenvalue weighted by Gasteiger charge is 2.30. The van der Waals surface area contributed by atoms with Gasteiger partial charge in [0, 0.05) is 25.8 Å². The predicted octanol–water partition coefficient (Wildman–Crippen LogP) is -0.868. The largest absolute Gasteiger partial charge is 0.465 e. The van der Waals surface area contributed by atoms with Gasteiger partial charge in [-0.2, -0.15) is 0 Å². The van der Waals surface area contributed by atoms with Crippen molar-refractivity contribution >= 4 is 17.7 Å². The number of esters is 1. The number of hydrogen-bond donors (Lipinski definition) is 2. The number of pyridine rings is 1. The first-order valence-corrected chi connectivity index (χ1v) is 5.95. The molecule has 19 heavy (non-hydrogen) atoms. The van der Waals surface area contributed by atoms with Gasteiger partial charge in [0.2, 0.25) is 5.91 Å². The Hall–Kier alpha value is -2.15. The number of hydrogen-bond acceptors (Lipinski definition) is 6. The molecule has 102 valence electrons. The number of carbonyl (C=O) groups excluding carboxylic acids is 2. The fourth-order valence-electron chi connectivity index (χ4n) is 2.11. The van der Waals surface area contributed by atoms with Crippen LogP contribution in [0.1, 0.15) is 10.4 Å². The van der Waals surface area contributed by atoms with Crippen molar-refractivity contribution in [3.63, 3.8) is 0 Å². The van der Waals surface area contributed by atoms with E-state index < -0.39 is 17.9 Å². The molecule has 0 saturated carbocycles. The van der Waals surface area contributed by atoms with E-state index in [2.05, 4.69) is 10.3 Å². The molecule has 1 aliphatic heterocycles. The number of rotatable bonds is 3. The van der Waals surface area contributed by atoms with Crippen LogP contribution in [0.2, 0.25) is 0 Å². The fourth-order valence-corrected chi connectivity index (χ4v) is 2.11. The number of amides is 1. The lowest BCUT2D eigenvalue weighted by molar-refractivity contribution is -0.119. The molecule has 7 nitrogen and oxygen atoms in total. The van der Waals surface area contributed by atoms with Crippen LogP contribution in [-0.2, 0) is 9.53 Å². The zero-order valence-corrected chi connectivity index (χ0v) is 10.6. The van der Waals surface area contributed by atoms with Gasteiger partial charge >= 0.3 is 5.97 Å². The number of ether oxygens (including phenoxy) is 1. The number of nitrogens with zero attached hydrogens (tertiary/aromatic N) is 2. The summed E-state index contributed by atoms with van der Waals surface area (Å²) in [7, 11) is 1.31. The van der Waals surface area contributed by atoms with Crippen LogP contribution in [0, 0.1) is 0 Å². The van der Waals surface area contributed by atoms with Gasteiger partial charge in [-0.3, -0.25) is 4.79 Å². The van der Waals surface area contributed by atoms with E-state index in [9.17, 15) is 9.59 Å². The monoisotopic (exact) mass is 264 g/mol. The summed E-state index contributed by atoms with van der Waals surface area (Å²) in [4.78, 5) is 29.2. The van der Waals surface area contributed by atoms with Crippen LogP contribution in [0.4, 0.5) is 5.82 Å². The smallest absolute Gasteiger partial charge is 0.341 e. The number of carbonyl (C=O) groups is 2. The molecule has 2 heterocycles. The van der Waals surface area contributed by atoms with Crippen LogP contribution in [0.15, 0.2) is 18.3 Å². The lowest BCUT2D eigenvalue weighted by Crippen LogP contribution is -2.57. The van der Waals surface area contributed by atoms with Crippen molar-refractivity contribution in [2.75, 3.05) is 31.6 Å². The highest BCUT2D eigenvalue weighted by molar-refractivity contribution is 5.96.